The lowest BCUT2D eigenvalue weighted by molar-refractivity contribution is 0.240. The predicted octanol–water partition coefficient (Wildman–Crippen LogP) is 4.86. The average Bonchev–Trinajstić information content (AvgIpc) is 2.26. The van der Waals surface area contributed by atoms with Crippen LogP contribution >= 0.6 is 24.8 Å². The maximum atomic E-state index is 12.9. The maximum absolute atomic E-state index is 12.9. The second-order valence-electron chi connectivity index (χ2n) is 7.49. The molecular formula is C17H31Cl2FN2. The van der Waals surface area contributed by atoms with Crippen LogP contribution in [0.5, 0.6) is 0 Å². The summed E-state index contributed by atoms with van der Waals surface area (Å²) in [5.74, 6) is -0.217. The zero-order valence-electron chi connectivity index (χ0n) is 14.3. The van der Waals surface area contributed by atoms with Crippen LogP contribution < -0.4 is 11.1 Å². The van der Waals surface area contributed by atoms with Crippen molar-refractivity contribution in [1.29, 1.82) is 0 Å². The molecule has 0 aliphatic heterocycles. The minimum Gasteiger partial charge on any atom is -0.324 e. The molecule has 2 nitrogen and oxygen atoms in total. The van der Waals surface area contributed by atoms with E-state index in [1.807, 2.05) is 0 Å². The molecule has 1 unspecified atom stereocenters. The number of benzene rings is 1. The molecule has 0 fully saturated rings. The molecule has 0 amide bonds. The molecule has 3 N–H and O–H groups in total. The van der Waals surface area contributed by atoms with E-state index in [1.54, 1.807) is 12.1 Å². The SMILES string of the molecule is CC(C)(C)CC(C)(C)NCCC(N)c1ccc(F)cc1.Cl.Cl. The van der Waals surface area contributed by atoms with Gasteiger partial charge in [-0.2, -0.15) is 0 Å². The van der Waals surface area contributed by atoms with Gasteiger partial charge in [0.1, 0.15) is 5.82 Å². The lowest BCUT2D eigenvalue weighted by atomic mass is 9.82. The Morgan fingerprint density at radius 2 is 1.55 bits per heavy atom. The van der Waals surface area contributed by atoms with Crippen molar-refractivity contribution >= 4 is 24.8 Å². The molecule has 1 aromatic rings. The number of nitrogens with two attached hydrogens (primary N) is 1. The van der Waals surface area contributed by atoms with E-state index in [0.29, 0.717) is 5.41 Å². The molecular weight excluding hydrogens is 322 g/mol. The van der Waals surface area contributed by atoms with Crippen molar-refractivity contribution in [3.05, 3.63) is 35.6 Å². The van der Waals surface area contributed by atoms with E-state index >= 15 is 0 Å². The average molecular weight is 353 g/mol. The van der Waals surface area contributed by atoms with Crippen LogP contribution in [0.25, 0.3) is 0 Å². The number of rotatable bonds is 6. The minimum atomic E-state index is -0.217. The molecule has 0 saturated heterocycles. The van der Waals surface area contributed by atoms with Crippen LogP contribution in [0.4, 0.5) is 4.39 Å². The second-order valence-corrected chi connectivity index (χ2v) is 7.49. The van der Waals surface area contributed by atoms with E-state index in [0.717, 1.165) is 24.9 Å². The van der Waals surface area contributed by atoms with Gasteiger partial charge in [0, 0.05) is 11.6 Å². The highest BCUT2D eigenvalue weighted by atomic mass is 35.5. The number of hydrogen-bond donors (Lipinski definition) is 2. The third kappa shape index (κ3) is 9.62. The van der Waals surface area contributed by atoms with Crippen molar-refractivity contribution < 1.29 is 4.39 Å². The van der Waals surface area contributed by atoms with Crippen LogP contribution in [-0.2, 0) is 0 Å². The van der Waals surface area contributed by atoms with Gasteiger partial charge in [0.15, 0.2) is 0 Å². The quantitative estimate of drug-likeness (QED) is 0.766. The Morgan fingerprint density at radius 3 is 2.00 bits per heavy atom. The third-order valence-corrected chi connectivity index (χ3v) is 3.33. The molecule has 22 heavy (non-hydrogen) atoms. The second kappa shape index (κ2) is 9.71. The first-order chi connectivity index (χ1) is 9.09. The highest BCUT2D eigenvalue weighted by molar-refractivity contribution is 5.85. The van der Waals surface area contributed by atoms with Gasteiger partial charge < -0.3 is 11.1 Å². The summed E-state index contributed by atoms with van der Waals surface area (Å²) in [6.07, 6.45) is 1.95. The molecule has 1 aromatic carbocycles. The van der Waals surface area contributed by atoms with Gasteiger partial charge >= 0.3 is 0 Å². The van der Waals surface area contributed by atoms with E-state index in [2.05, 4.69) is 39.9 Å². The molecule has 0 aliphatic carbocycles. The summed E-state index contributed by atoms with van der Waals surface area (Å²) < 4.78 is 12.9. The van der Waals surface area contributed by atoms with Gasteiger partial charge in [-0.3, -0.25) is 0 Å². The summed E-state index contributed by atoms with van der Waals surface area (Å²) in [6, 6.07) is 6.41. The zero-order chi connectivity index (χ0) is 15.4. The Kier molecular flexibility index (Phi) is 10.6. The minimum absolute atomic E-state index is 0. The first-order valence-electron chi connectivity index (χ1n) is 7.35. The lowest BCUT2D eigenvalue weighted by Gasteiger charge is -2.34. The molecule has 0 saturated carbocycles. The van der Waals surface area contributed by atoms with E-state index in [-0.39, 0.29) is 42.2 Å². The van der Waals surface area contributed by atoms with Gasteiger partial charge in [-0.05, 0) is 56.3 Å². The van der Waals surface area contributed by atoms with Crippen molar-refractivity contribution in [2.75, 3.05) is 6.54 Å². The smallest absolute Gasteiger partial charge is 0.123 e. The van der Waals surface area contributed by atoms with Gasteiger partial charge in [-0.1, -0.05) is 32.9 Å². The van der Waals surface area contributed by atoms with Crippen LogP contribution in [0.2, 0.25) is 0 Å². The number of halogens is 3. The fraction of sp³-hybridized carbons (Fsp3) is 0.647. The molecule has 0 spiro atoms. The van der Waals surface area contributed by atoms with Crippen LogP contribution in [-0.4, -0.2) is 12.1 Å². The first-order valence-corrected chi connectivity index (χ1v) is 7.35. The summed E-state index contributed by atoms with van der Waals surface area (Å²) in [7, 11) is 0. The van der Waals surface area contributed by atoms with Gasteiger partial charge in [0.05, 0.1) is 0 Å². The van der Waals surface area contributed by atoms with E-state index in [4.69, 9.17) is 5.73 Å². The number of hydrogen-bond acceptors (Lipinski definition) is 2. The molecule has 1 rings (SSSR count). The summed E-state index contributed by atoms with van der Waals surface area (Å²) in [5.41, 5.74) is 7.53. The Hall–Kier alpha value is -0.350. The van der Waals surface area contributed by atoms with Gasteiger partial charge in [0.2, 0.25) is 0 Å². The van der Waals surface area contributed by atoms with Gasteiger partial charge in [0.25, 0.3) is 0 Å². The molecule has 1 atom stereocenters. The topological polar surface area (TPSA) is 38.0 Å². The fourth-order valence-corrected chi connectivity index (χ4v) is 2.83. The highest BCUT2D eigenvalue weighted by Crippen LogP contribution is 2.27. The molecule has 130 valence electrons. The Balaban J connectivity index is 0. The Labute approximate surface area is 147 Å². The predicted molar refractivity (Wildman–Crippen MR) is 98.6 cm³/mol. The Bertz CT molecular complexity index is 414. The molecule has 5 heteroatoms. The normalized spacial score (nSPS) is 13.0. The van der Waals surface area contributed by atoms with Crippen molar-refractivity contribution in [3.8, 4) is 0 Å². The van der Waals surface area contributed by atoms with E-state index in [9.17, 15) is 4.39 Å². The summed E-state index contributed by atoms with van der Waals surface area (Å²) in [5, 5.41) is 3.57. The van der Waals surface area contributed by atoms with Crippen LogP contribution in [0.15, 0.2) is 24.3 Å². The van der Waals surface area contributed by atoms with Crippen molar-refractivity contribution in [2.45, 2.75) is 59.0 Å². The number of nitrogens with one attached hydrogen (secondary N) is 1. The Morgan fingerprint density at radius 1 is 1.05 bits per heavy atom. The molecule has 0 aliphatic rings. The monoisotopic (exact) mass is 352 g/mol. The molecule has 0 heterocycles. The summed E-state index contributed by atoms with van der Waals surface area (Å²) >= 11 is 0. The fourth-order valence-electron chi connectivity index (χ4n) is 2.83. The highest BCUT2D eigenvalue weighted by Gasteiger charge is 2.24. The van der Waals surface area contributed by atoms with E-state index in [1.165, 1.54) is 12.1 Å². The standard InChI is InChI=1S/C17H29FN2.2ClH/c1-16(2,3)12-17(4,5)20-11-10-15(19)13-6-8-14(18)9-7-13;;/h6-9,15,20H,10-12,19H2,1-5H3;2*1H. The van der Waals surface area contributed by atoms with Gasteiger partial charge in [-0.25, -0.2) is 4.39 Å². The summed E-state index contributed by atoms with van der Waals surface area (Å²) in [4.78, 5) is 0. The van der Waals surface area contributed by atoms with Crippen molar-refractivity contribution in [3.63, 3.8) is 0 Å². The molecule has 0 aromatic heterocycles. The van der Waals surface area contributed by atoms with Crippen LogP contribution in [0.1, 0.15) is 59.1 Å². The molecule has 0 bridgehead atoms. The van der Waals surface area contributed by atoms with Crippen molar-refractivity contribution in [2.24, 2.45) is 11.1 Å². The van der Waals surface area contributed by atoms with Crippen molar-refractivity contribution in [1.82, 2.24) is 5.32 Å². The largest absolute Gasteiger partial charge is 0.324 e. The molecule has 0 radical (unpaired) electrons. The summed E-state index contributed by atoms with van der Waals surface area (Å²) in [6.45, 7) is 12.1. The van der Waals surface area contributed by atoms with Gasteiger partial charge in [-0.15, -0.1) is 24.8 Å². The lowest BCUT2D eigenvalue weighted by Crippen LogP contribution is -2.43. The van der Waals surface area contributed by atoms with E-state index < -0.39 is 0 Å². The zero-order valence-corrected chi connectivity index (χ0v) is 15.9. The first kappa shape index (κ1) is 23.9. The van der Waals surface area contributed by atoms with Crippen LogP contribution in [0, 0.1) is 11.2 Å². The third-order valence-electron chi connectivity index (χ3n) is 3.33. The maximum Gasteiger partial charge on any atom is 0.123 e. The van der Waals surface area contributed by atoms with Crippen LogP contribution in [0.3, 0.4) is 0 Å².